The maximum absolute atomic E-state index is 12.4. The average molecular weight is 380 g/mol. The molecule has 6 nitrogen and oxygen atoms in total. The fraction of sp³-hybridized carbons (Fsp3) is 0.235. The lowest BCUT2D eigenvalue weighted by atomic mass is 10.2. The van der Waals surface area contributed by atoms with Crippen molar-refractivity contribution < 1.29 is 17.9 Å². The molecule has 2 aromatic carbocycles. The molecule has 0 saturated carbocycles. The summed E-state index contributed by atoms with van der Waals surface area (Å²) >= 11 is 1.42. The third-order valence-electron chi connectivity index (χ3n) is 3.44. The highest BCUT2D eigenvalue weighted by molar-refractivity contribution is 8.00. The summed E-state index contributed by atoms with van der Waals surface area (Å²) < 4.78 is 28.3. The third-order valence-corrected chi connectivity index (χ3v) is 5.48. The van der Waals surface area contributed by atoms with Crippen molar-refractivity contribution in [3.63, 3.8) is 0 Å². The summed E-state index contributed by atoms with van der Waals surface area (Å²) in [5.41, 5.74) is 1.49. The van der Waals surface area contributed by atoms with E-state index in [0.29, 0.717) is 5.69 Å². The summed E-state index contributed by atoms with van der Waals surface area (Å²) in [5, 5.41) is 7.53. The van der Waals surface area contributed by atoms with Gasteiger partial charge < -0.3 is 10.1 Å². The van der Waals surface area contributed by atoms with Crippen LogP contribution in [-0.2, 0) is 14.8 Å². The minimum atomic E-state index is -3.96. The van der Waals surface area contributed by atoms with Crippen molar-refractivity contribution in [2.75, 3.05) is 12.4 Å². The molecule has 0 aromatic heterocycles. The number of carbonyl (C=O) groups excluding carboxylic acids is 1. The first-order chi connectivity index (χ1) is 11.7. The van der Waals surface area contributed by atoms with Crippen LogP contribution in [0.5, 0.6) is 5.75 Å². The number of anilines is 1. The molecule has 0 unspecified atom stereocenters. The highest BCUT2D eigenvalue weighted by Gasteiger charge is 2.18. The Balaban J connectivity index is 2.13. The summed E-state index contributed by atoms with van der Waals surface area (Å²) in [7, 11) is -2.61. The van der Waals surface area contributed by atoms with Crippen LogP contribution in [0.4, 0.5) is 5.69 Å². The molecular weight excluding hydrogens is 360 g/mol. The number of rotatable bonds is 6. The molecule has 0 saturated heterocycles. The van der Waals surface area contributed by atoms with Crippen LogP contribution in [0, 0.1) is 6.92 Å². The molecule has 0 aliphatic carbocycles. The Morgan fingerprint density at radius 1 is 1.20 bits per heavy atom. The number of aryl methyl sites for hydroxylation is 1. The second kappa shape index (κ2) is 7.90. The van der Waals surface area contributed by atoms with Gasteiger partial charge in [0, 0.05) is 10.6 Å². The van der Waals surface area contributed by atoms with Gasteiger partial charge in [-0.3, -0.25) is 4.79 Å². The van der Waals surface area contributed by atoms with Gasteiger partial charge in [-0.05, 0) is 44.2 Å². The van der Waals surface area contributed by atoms with Crippen molar-refractivity contribution in [3.8, 4) is 5.75 Å². The van der Waals surface area contributed by atoms with Crippen molar-refractivity contribution in [1.29, 1.82) is 0 Å². The Labute approximate surface area is 151 Å². The first kappa shape index (κ1) is 19.3. The van der Waals surface area contributed by atoms with Crippen LogP contribution in [0.2, 0.25) is 0 Å². The summed E-state index contributed by atoms with van der Waals surface area (Å²) in [6, 6.07) is 12.2. The summed E-state index contributed by atoms with van der Waals surface area (Å²) in [5.74, 6) is -0.112. The van der Waals surface area contributed by atoms with Gasteiger partial charge in [-0.25, -0.2) is 13.6 Å². The Bertz CT molecular complexity index is 865. The summed E-state index contributed by atoms with van der Waals surface area (Å²) in [6.45, 7) is 3.78. The van der Waals surface area contributed by atoms with Gasteiger partial charge >= 0.3 is 0 Å². The third kappa shape index (κ3) is 5.22. The standard InChI is InChI=1S/C17H20N2O4S2/c1-11-4-7-14(8-5-11)24-12(2)17(20)19-13-6-9-15(23-3)16(10-13)25(18,21)22/h4-10,12H,1-3H3,(H,19,20)(H2,18,21,22)/t12-/m0/s1. The lowest BCUT2D eigenvalue weighted by Crippen LogP contribution is -2.22. The normalized spacial score (nSPS) is 12.5. The topological polar surface area (TPSA) is 98.5 Å². The maximum atomic E-state index is 12.4. The van der Waals surface area contributed by atoms with Crippen molar-refractivity contribution in [1.82, 2.24) is 0 Å². The molecule has 25 heavy (non-hydrogen) atoms. The Morgan fingerprint density at radius 2 is 1.84 bits per heavy atom. The van der Waals surface area contributed by atoms with Crippen LogP contribution in [0.3, 0.4) is 0 Å². The molecule has 0 bridgehead atoms. The minimum Gasteiger partial charge on any atom is -0.495 e. The van der Waals surface area contributed by atoms with Crippen molar-refractivity contribution in [2.24, 2.45) is 5.14 Å². The van der Waals surface area contributed by atoms with Crippen LogP contribution in [-0.4, -0.2) is 26.7 Å². The maximum Gasteiger partial charge on any atom is 0.241 e. The minimum absolute atomic E-state index is 0.127. The van der Waals surface area contributed by atoms with E-state index in [4.69, 9.17) is 9.88 Å². The van der Waals surface area contributed by atoms with Gasteiger partial charge in [-0.1, -0.05) is 17.7 Å². The molecule has 0 fully saturated rings. The van der Waals surface area contributed by atoms with Crippen LogP contribution in [0.15, 0.2) is 52.3 Å². The van der Waals surface area contributed by atoms with Crippen LogP contribution in [0.25, 0.3) is 0 Å². The zero-order valence-electron chi connectivity index (χ0n) is 14.1. The average Bonchev–Trinajstić information content (AvgIpc) is 2.56. The lowest BCUT2D eigenvalue weighted by molar-refractivity contribution is -0.115. The number of nitrogens with two attached hydrogens (primary N) is 1. The van der Waals surface area contributed by atoms with Crippen molar-refractivity contribution in [2.45, 2.75) is 28.9 Å². The highest BCUT2D eigenvalue weighted by atomic mass is 32.2. The number of amides is 1. The molecule has 1 amide bonds. The molecule has 0 aliphatic rings. The van der Waals surface area contributed by atoms with Gasteiger partial charge in [0.25, 0.3) is 0 Å². The van der Waals surface area contributed by atoms with E-state index in [9.17, 15) is 13.2 Å². The van der Waals surface area contributed by atoms with E-state index in [0.717, 1.165) is 10.5 Å². The van der Waals surface area contributed by atoms with E-state index in [1.165, 1.54) is 31.0 Å². The zero-order chi connectivity index (χ0) is 18.6. The molecule has 1 atom stereocenters. The van der Waals surface area contributed by atoms with E-state index in [1.54, 1.807) is 13.0 Å². The molecule has 134 valence electrons. The predicted octanol–water partition coefficient (Wildman–Crippen LogP) is 2.77. The molecule has 0 heterocycles. The van der Waals surface area contributed by atoms with E-state index in [-0.39, 0.29) is 21.8 Å². The van der Waals surface area contributed by atoms with Gasteiger partial charge in [0.1, 0.15) is 10.6 Å². The Hall–Kier alpha value is -2.03. The van der Waals surface area contributed by atoms with Gasteiger partial charge in [0.05, 0.1) is 12.4 Å². The highest BCUT2D eigenvalue weighted by Crippen LogP contribution is 2.28. The number of hydrogen-bond donors (Lipinski definition) is 2. The first-order valence-electron chi connectivity index (χ1n) is 7.45. The van der Waals surface area contributed by atoms with E-state index < -0.39 is 10.0 Å². The summed E-state index contributed by atoms with van der Waals surface area (Å²) in [4.78, 5) is 13.2. The number of hydrogen-bond acceptors (Lipinski definition) is 5. The largest absolute Gasteiger partial charge is 0.495 e. The van der Waals surface area contributed by atoms with Gasteiger partial charge in [0.2, 0.25) is 15.9 Å². The van der Waals surface area contributed by atoms with E-state index in [1.807, 2.05) is 31.2 Å². The number of primary sulfonamides is 1. The molecular formula is C17H20N2O4S2. The molecule has 3 N–H and O–H groups in total. The van der Waals surface area contributed by atoms with Crippen LogP contribution in [0.1, 0.15) is 12.5 Å². The fourth-order valence-corrected chi connectivity index (χ4v) is 3.69. The number of sulfonamides is 1. The van der Waals surface area contributed by atoms with E-state index in [2.05, 4.69) is 5.32 Å². The van der Waals surface area contributed by atoms with Crippen molar-refractivity contribution in [3.05, 3.63) is 48.0 Å². The fourth-order valence-electron chi connectivity index (χ4n) is 2.10. The predicted molar refractivity (Wildman–Crippen MR) is 99.5 cm³/mol. The number of carbonyl (C=O) groups is 1. The first-order valence-corrected chi connectivity index (χ1v) is 9.88. The van der Waals surface area contributed by atoms with E-state index >= 15 is 0 Å². The second-order valence-corrected chi connectivity index (χ2v) is 8.42. The molecule has 2 rings (SSSR count). The molecule has 0 spiro atoms. The summed E-state index contributed by atoms with van der Waals surface area (Å²) in [6.07, 6.45) is 0. The smallest absolute Gasteiger partial charge is 0.241 e. The number of benzene rings is 2. The lowest BCUT2D eigenvalue weighted by Gasteiger charge is -2.14. The number of nitrogens with one attached hydrogen (secondary N) is 1. The van der Waals surface area contributed by atoms with Crippen molar-refractivity contribution >= 4 is 33.4 Å². The number of ether oxygens (including phenoxy) is 1. The van der Waals surface area contributed by atoms with Crippen LogP contribution >= 0.6 is 11.8 Å². The van der Waals surface area contributed by atoms with Gasteiger partial charge in [-0.15, -0.1) is 11.8 Å². The molecule has 0 radical (unpaired) electrons. The number of thioether (sulfide) groups is 1. The SMILES string of the molecule is COc1ccc(NC(=O)[C@H](C)Sc2ccc(C)cc2)cc1S(N)(=O)=O. The van der Waals surface area contributed by atoms with Gasteiger partial charge in [0.15, 0.2) is 0 Å². The quantitative estimate of drug-likeness (QED) is 0.751. The van der Waals surface area contributed by atoms with Crippen LogP contribution < -0.4 is 15.2 Å². The zero-order valence-corrected chi connectivity index (χ0v) is 15.8. The number of methoxy groups -OCH3 is 1. The van der Waals surface area contributed by atoms with Gasteiger partial charge in [-0.2, -0.15) is 0 Å². The second-order valence-electron chi connectivity index (χ2n) is 5.47. The monoisotopic (exact) mass is 380 g/mol. The molecule has 0 aliphatic heterocycles. The Morgan fingerprint density at radius 3 is 2.40 bits per heavy atom. The molecule has 2 aromatic rings. The molecule has 8 heteroatoms. The Kier molecular flexibility index (Phi) is 6.10.